The molecule has 1 saturated heterocycles. The van der Waals surface area contributed by atoms with Gasteiger partial charge in [0.25, 0.3) is 0 Å². The fraction of sp³-hybridized carbons (Fsp3) is 0.846. The molecule has 0 aromatic rings. The molecular weight excluding hydrogens is 266 g/mol. The largest absolute Gasteiger partial charge is 0.351 e. The molecule has 1 aliphatic heterocycles. The molecule has 6 heteroatoms. The first-order valence-electron chi connectivity index (χ1n) is 6.74. The first-order chi connectivity index (χ1) is 8.40. The number of nitrogens with one attached hydrogen (secondary N) is 1. The molecule has 0 aromatic carbocycles. The molecule has 0 bridgehead atoms. The molecule has 112 valence electrons. The van der Waals surface area contributed by atoms with E-state index >= 15 is 0 Å². The van der Waals surface area contributed by atoms with Crippen LogP contribution in [0.3, 0.4) is 0 Å². The molecule has 0 aromatic heterocycles. The van der Waals surface area contributed by atoms with Crippen LogP contribution in [0, 0.1) is 5.92 Å². The highest BCUT2D eigenvalue weighted by molar-refractivity contribution is 5.85. The van der Waals surface area contributed by atoms with E-state index in [2.05, 4.69) is 5.32 Å². The third-order valence-electron chi connectivity index (χ3n) is 3.14. The smallest absolute Gasteiger partial charge is 0.224 e. The number of piperidine rings is 1. The van der Waals surface area contributed by atoms with Crippen LogP contribution in [0.15, 0.2) is 0 Å². The number of amides is 2. The van der Waals surface area contributed by atoms with Gasteiger partial charge in [0, 0.05) is 37.5 Å². The Bertz CT molecular complexity index is 308. The topological polar surface area (TPSA) is 75.4 Å². The van der Waals surface area contributed by atoms with Gasteiger partial charge in [-0.1, -0.05) is 13.8 Å². The number of likely N-dealkylation sites (tertiary alicyclic amines) is 1. The molecule has 2 unspecified atom stereocenters. The Labute approximate surface area is 121 Å². The average Bonchev–Trinajstić information content (AvgIpc) is 2.28. The normalized spacial score (nSPS) is 20.7. The Kier molecular flexibility index (Phi) is 8.02. The summed E-state index contributed by atoms with van der Waals surface area (Å²) in [6.45, 7) is 6.97. The molecule has 19 heavy (non-hydrogen) atoms. The summed E-state index contributed by atoms with van der Waals surface area (Å²) in [5.74, 6) is 0.134. The molecule has 0 aliphatic carbocycles. The predicted octanol–water partition coefficient (Wildman–Crippen LogP) is 0.909. The van der Waals surface area contributed by atoms with E-state index in [1.54, 1.807) is 0 Å². The van der Waals surface area contributed by atoms with Gasteiger partial charge in [0.1, 0.15) is 0 Å². The Hall–Kier alpha value is -0.810. The van der Waals surface area contributed by atoms with Crippen LogP contribution in [0.4, 0.5) is 0 Å². The van der Waals surface area contributed by atoms with Crippen molar-refractivity contribution in [3.8, 4) is 0 Å². The van der Waals surface area contributed by atoms with Gasteiger partial charge in [0.2, 0.25) is 11.8 Å². The van der Waals surface area contributed by atoms with Crippen molar-refractivity contribution in [2.45, 2.75) is 52.1 Å². The lowest BCUT2D eigenvalue weighted by molar-refractivity contribution is -0.134. The van der Waals surface area contributed by atoms with Crippen LogP contribution >= 0.6 is 12.4 Å². The van der Waals surface area contributed by atoms with E-state index in [0.717, 1.165) is 19.4 Å². The number of rotatable bonds is 4. The van der Waals surface area contributed by atoms with Crippen molar-refractivity contribution in [2.75, 3.05) is 13.1 Å². The van der Waals surface area contributed by atoms with Gasteiger partial charge in [-0.2, -0.15) is 0 Å². The first kappa shape index (κ1) is 18.2. The molecule has 1 aliphatic rings. The number of hydrogen-bond donors (Lipinski definition) is 2. The molecule has 1 rings (SSSR count). The summed E-state index contributed by atoms with van der Waals surface area (Å²) in [6.07, 6.45) is 2.26. The van der Waals surface area contributed by atoms with Crippen LogP contribution in [-0.4, -0.2) is 41.9 Å². The number of nitrogens with two attached hydrogens (primary N) is 1. The van der Waals surface area contributed by atoms with Gasteiger partial charge in [-0.25, -0.2) is 0 Å². The van der Waals surface area contributed by atoms with Crippen LogP contribution in [0.25, 0.3) is 0 Å². The van der Waals surface area contributed by atoms with Crippen molar-refractivity contribution >= 4 is 24.2 Å². The van der Waals surface area contributed by atoms with Gasteiger partial charge in [0.05, 0.1) is 0 Å². The van der Waals surface area contributed by atoms with Crippen molar-refractivity contribution in [2.24, 2.45) is 11.7 Å². The van der Waals surface area contributed by atoms with E-state index in [-0.39, 0.29) is 42.2 Å². The fourth-order valence-corrected chi connectivity index (χ4v) is 2.09. The first-order valence-corrected chi connectivity index (χ1v) is 6.74. The van der Waals surface area contributed by atoms with E-state index in [1.807, 2.05) is 25.7 Å². The summed E-state index contributed by atoms with van der Waals surface area (Å²) in [5, 5.41) is 2.99. The maximum atomic E-state index is 11.9. The number of hydrogen-bond acceptors (Lipinski definition) is 3. The second kappa shape index (κ2) is 8.38. The second-order valence-electron chi connectivity index (χ2n) is 5.52. The van der Waals surface area contributed by atoms with E-state index in [9.17, 15) is 9.59 Å². The van der Waals surface area contributed by atoms with Crippen LogP contribution in [0.5, 0.6) is 0 Å². The van der Waals surface area contributed by atoms with Gasteiger partial charge < -0.3 is 16.0 Å². The monoisotopic (exact) mass is 291 g/mol. The highest BCUT2D eigenvalue weighted by atomic mass is 35.5. The van der Waals surface area contributed by atoms with Gasteiger partial charge in [0.15, 0.2) is 0 Å². The zero-order valence-corrected chi connectivity index (χ0v) is 12.8. The lowest BCUT2D eigenvalue weighted by Crippen LogP contribution is -2.51. The zero-order chi connectivity index (χ0) is 13.7. The Balaban J connectivity index is 0.00000324. The van der Waals surface area contributed by atoms with Crippen molar-refractivity contribution in [3.05, 3.63) is 0 Å². The van der Waals surface area contributed by atoms with E-state index in [1.165, 1.54) is 0 Å². The van der Waals surface area contributed by atoms with E-state index < -0.39 is 0 Å². The summed E-state index contributed by atoms with van der Waals surface area (Å²) in [6, 6.07) is -0.0196. The molecule has 0 saturated carbocycles. The minimum atomic E-state index is -0.108. The maximum absolute atomic E-state index is 11.9. The number of carbonyl (C=O) groups is 2. The van der Waals surface area contributed by atoms with Crippen LogP contribution in [-0.2, 0) is 9.59 Å². The Morgan fingerprint density at radius 2 is 2.00 bits per heavy atom. The highest BCUT2D eigenvalue weighted by Crippen LogP contribution is 2.12. The van der Waals surface area contributed by atoms with Crippen molar-refractivity contribution in [3.63, 3.8) is 0 Å². The van der Waals surface area contributed by atoms with Crippen LogP contribution in [0.1, 0.15) is 40.0 Å². The molecule has 3 N–H and O–H groups in total. The van der Waals surface area contributed by atoms with Gasteiger partial charge in [-0.3, -0.25) is 9.59 Å². The lowest BCUT2D eigenvalue weighted by Gasteiger charge is -2.34. The van der Waals surface area contributed by atoms with E-state index in [0.29, 0.717) is 13.0 Å². The van der Waals surface area contributed by atoms with Crippen molar-refractivity contribution in [1.82, 2.24) is 10.2 Å². The molecule has 0 spiro atoms. The molecule has 0 radical (unpaired) electrons. The third-order valence-corrected chi connectivity index (χ3v) is 3.14. The van der Waals surface area contributed by atoms with Gasteiger partial charge >= 0.3 is 0 Å². The van der Waals surface area contributed by atoms with Crippen molar-refractivity contribution in [1.29, 1.82) is 0 Å². The minimum Gasteiger partial charge on any atom is -0.351 e. The Morgan fingerprint density at radius 3 is 2.53 bits per heavy atom. The standard InChI is InChI=1S/C13H25N3O2.ClH/c1-9(2)13(18)15-11-5-4-6-16(8-11)12(17)7-10(3)14;/h9-11H,4-8,14H2,1-3H3,(H,15,18);1H. The Morgan fingerprint density at radius 1 is 1.37 bits per heavy atom. The number of halogens is 1. The summed E-state index contributed by atoms with van der Waals surface area (Å²) in [5.41, 5.74) is 5.64. The summed E-state index contributed by atoms with van der Waals surface area (Å²) < 4.78 is 0. The SMILES string of the molecule is CC(N)CC(=O)N1CCCC(NC(=O)C(C)C)C1.Cl. The second-order valence-corrected chi connectivity index (χ2v) is 5.52. The molecule has 1 heterocycles. The van der Waals surface area contributed by atoms with E-state index in [4.69, 9.17) is 5.73 Å². The molecule has 2 amide bonds. The molecule has 5 nitrogen and oxygen atoms in total. The van der Waals surface area contributed by atoms with Crippen LogP contribution < -0.4 is 11.1 Å². The fourth-order valence-electron chi connectivity index (χ4n) is 2.09. The highest BCUT2D eigenvalue weighted by Gasteiger charge is 2.25. The van der Waals surface area contributed by atoms with Crippen molar-refractivity contribution < 1.29 is 9.59 Å². The summed E-state index contributed by atoms with van der Waals surface area (Å²) in [7, 11) is 0. The predicted molar refractivity (Wildman–Crippen MR) is 78.1 cm³/mol. The van der Waals surface area contributed by atoms with Gasteiger partial charge in [-0.15, -0.1) is 12.4 Å². The minimum absolute atomic E-state index is 0. The molecular formula is C13H26ClN3O2. The molecule has 1 fully saturated rings. The van der Waals surface area contributed by atoms with Gasteiger partial charge in [-0.05, 0) is 19.8 Å². The zero-order valence-electron chi connectivity index (χ0n) is 12.0. The number of nitrogens with zero attached hydrogens (tertiary/aromatic N) is 1. The lowest BCUT2D eigenvalue weighted by atomic mass is 10.0. The molecule has 2 atom stereocenters. The summed E-state index contributed by atoms with van der Waals surface area (Å²) in [4.78, 5) is 25.4. The number of carbonyl (C=O) groups excluding carboxylic acids is 2. The summed E-state index contributed by atoms with van der Waals surface area (Å²) >= 11 is 0. The average molecular weight is 292 g/mol. The third kappa shape index (κ3) is 6.25. The van der Waals surface area contributed by atoms with Crippen LogP contribution in [0.2, 0.25) is 0 Å². The quantitative estimate of drug-likeness (QED) is 0.808. The maximum Gasteiger partial charge on any atom is 0.224 e.